The highest BCUT2D eigenvalue weighted by molar-refractivity contribution is 5.82. The van der Waals surface area contributed by atoms with Crippen molar-refractivity contribution in [3.05, 3.63) is 6.92 Å². The minimum absolute atomic E-state index is 0.0269. The molecule has 1 fully saturated rings. The number of rotatable bonds is 2. The molecule has 1 saturated heterocycles. The van der Waals surface area contributed by atoms with Gasteiger partial charge in [-0.05, 0) is 40.5 Å². The number of carbonyl (C=O) groups is 2. The van der Waals surface area contributed by atoms with Crippen molar-refractivity contribution in [3.63, 3.8) is 0 Å². The van der Waals surface area contributed by atoms with Crippen molar-refractivity contribution in [2.45, 2.75) is 45.3 Å². The van der Waals surface area contributed by atoms with E-state index in [1.807, 2.05) is 0 Å². The third kappa shape index (κ3) is 4.63. The maximum atomic E-state index is 11.7. The topological polar surface area (TPSA) is 58.6 Å². The van der Waals surface area contributed by atoms with Crippen LogP contribution in [0.15, 0.2) is 0 Å². The first kappa shape index (κ1) is 13.8. The summed E-state index contributed by atoms with van der Waals surface area (Å²) in [5, 5.41) is 2.46. The summed E-state index contributed by atoms with van der Waals surface area (Å²) < 4.78 is 5.04. The Balaban J connectivity index is 2.31. The van der Waals surface area contributed by atoms with E-state index >= 15 is 0 Å². The van der Waals surface area contributed by atoms with Crippen molar-refractivity contribution in [2.75, 3.05) is 13.1 Å². The molecule has 5 nitrogen and oxygen atoms in total. The van der Waals surface area contributed by atoms with Crippen LogP contribution in [-0.4, -0.2) is 41.6 Å². The highest BCUT2D eigenvalue weighted by atomic mass is 16.6. The average Bonchev–Trinajstić information content (AvgIpc) is 2.58. The number of likely N-dealkylation sites (tertiary alicyclic amines) is 1. The molecular weight excluding hydrogens is 220 g/mol. The number of hydrogen-bond donors (Lipinski definition) is 1. The Labute approximate surface area is 102 Å². The van der Waals surface area contributed by atoms with E-state index in [0.717, 1.165) is 19.4 Å². The molecule has 0 aromatic rings. The van der Waals surface area contributed by atoms with Gasteiger partial charge in [0.25, 0.3) is 0 Å². The summed E-state index contributed by atoms with van der Waals surface area (Å²) in [6.45, 7) is 9.92. The molecule has 1 rings (SSSR count). The minimum atomic E-state index is -0.564. The SMILES string of the molecule is [CH2]C1CCCN1C(=O)CNC(=O)OC(C)(C)C. The van der Waals surface area contributed by atoms with Gasteiger partial charge in [-0.15, -0.1) is 0 Å². The van der Waals surface area contributed by atoms with Gasteiger partial charge in [0, 0.05) is 12.6 Å². The number of carbonyl (C=O) groups excluding carboxylic acids is 2. The lowest BCUT2D eigenvalue weighted by Crippen LogP contribution is -2.43. The summed E-state index contributed by atoms with van der Waals surface area (Å²) in [7, 11) is 0. The van der Waals surface area contributed by atoms with E-state index in [4.69, 9.17) is 4.74 Å². The Morgan fingerprint density at radius 1 is 1.47 bits per heavy atom. The second-order valence-electron chi connectivity index (χ2n) is 5.24. The molecule has 0 spiro atoms. The molecule has 17 heavy (non-hydrogen) atoms. The molecule has 0 aliphatic carbocycles. The molecule has 0 bridgehead atoms. The number of nitrogens with one attached hydrogen (secondary N) is 1. The maximum Gasteiger partial charge on any atom is 0.408 e. The fourth-order valence-corrected chi connectivity index (χ4v) is 1.73. The zero-order chi connectivity index (χ0) is 13.1. The molecule has 2 amide bonds. The van der Waals surface area contributed by atoms with Crippen LogP contribution >= 0.6 is 0 Å². The summed E-state index contributed by atoms with van der Waals surface area (Å²) in [5.74, 6) is -0.103. The standard InChI is InChI=1S/C12H21N2O3/c1-9-6-5-7-14(9)10(15)8-13-11(16)17-12(2,3)4/h9H,1,5-8H2,2-4H3,(H,13,16). The van der Waals surface area contributed by atoms with Gasteiger partial charge in [-0.1, -0.05) is 0 Å². The van der Waals surface area contributed by atoms with Crippen molar-refractivity contribution in [3.8, 4) is 0 Å². The third-order valence-corrected chi connectivity index (χ3v) is 2.48. The van der Waals surface area contributed by atoms with E-state index in [1.54, 1.807) is 25.7 Å². The van der Waals surface area contributed by atoms with Crippen LogP contribution in [0.5, 0.6) is 0 Å². The number of amides is 2. The van der Waals surface area contributed by atoms with Gasteiger partial charge >= 0.3 is 6.09 Å². The first-order chi connectivity index (χ1) is 7.79. The van der Waals surface area contributed by atoms with Gasteiger partial charge < -0.3 is 15.0 Å². The zero-order valence-electron chi connectivity index (χ0n) is 10.8. The molecule has 1 unspecified atom stereocenters. The van der Waals surface area contributed by atoms with Crippen LogP contribution in [0.2, 0.25) is 0 Å². The van der Waals surface area contributed by atoms with Crippen LogP contribution in [-0.2, 0) is 9.53 Å². The normalized spacial score (nSPS) is 20.2. The molecule has 5 heteroatoms. The molecule has 1 N–H and O–H groups in total. The van der Waals surface area contributed by atoms with Gasteiger partial charge in [0.05, 0.1) is 0 Å². The van der Waals surface area contributed by atoms with Crippen molar-refractivity contribution < 1.29 is 14.3 Å². The number of hydrogen-bond acceptors (Lipinski definition) is 3. The Bertz CT molecular complexity index is 297. The number of ether oxygens (including phenoxy) is 1. The molecule has 1 aliphatic rings. The van der Waals surface area contributed by atoms with Gasteiger partial charge in [-0.25, -0.2) is 4.79 Å². The van der Waals surface area contributed by atoms with Gasteiger partial charge in [-0.2, -0.15) is 0 Å². The second kappa shape index (κ2) is 5.38. The fourth-order valence-electron chi connectivity index (χ4n) is 1.73. The molecule has 1 aliphatic heterocycles. The monoisotopic (exact) mass is 241 g/mol. The Kier molecular flexibility index (Phi) is 4.37. The van der Waals surface area contributed by atoms with E-state index < -0.39 is 11.7 Å². The van der Waals surface area contributed by atoms with Gasteiger partial charge in [0.1, 0.15) is 12.1 Å². The zero-order valence-corrected chi connectivity index (χ0v) is 10.8. The Hall–Kier alpha value is -1.26. The van der Waals surface area contributed by atoms with E-state index in [9.17, 15) is 9.59 Å². The minimum Gasteiger partial charge on any atom is -0.444 e. The molecule has 1 heterocycles. The predicted octanol–water partition coefficient (Wildman–Crippen LogP) is 1.34. The van der Waals surface area contributed by atoms with E-state index in [0.29, 0.717) is 0 Å². The van der Waals surface area contributed by atoms with Crippen LogP contribution in [0, 0.1) is 6.92 Å². The van der Waals surface area contributed by atoms with E-state index in [-0.39, 0.29) is 18.5 Å². The highest BCUT2D eigenvalue weighted by Gasteiger charge is 2.25. The summed E-state index contributed by atoms with van der Waals surface area (Å²) in [5.41, 5.74) is -0.546. The Morgan fingerprint density at radius 3 is 2.59 bits per heavy atom. The lowest BCUT2D eigenvalue weighted by Gasteiger charge is -2.23. The Morgan fingerprint density at radius 2 is 2.12 bits per heavy atom. The molecule has 1 atom stereocenters. The molecule has 0 aromatic carbocycles. The third-order valence-electron chi connectivity index (χ3n) is 2.48. The second-order valence-corrected chi connectivity index (χ2v) is 5.24. The van der Waals surface area contributed by atoms with E-state index in [2.05, 4.69) is 12.2 Å². The van der Waals surface area contributed by atoms with Crippen LogP contribution in [0.3, 0.4) is 0 Å². The highest BCUT2D eigenvalue weighted by Crippen LogP contribution is 2.15. The summed E-state index contributed by atoms with van der Waals surface area (Å²) in [4.78, 5) is 24.8. The van der Waals surface area contributed by atoms with Gasteiger partial charge in [0.15, 0.2) is 0 Å². The predicted molar refractivity (Wildman–Crippen MR) is 64.3 cm³/mol. The van der Waals surface area contributed by atoms with Crippen LogP contribution in [0.4, 0.5) is 4.79 Å². The lowest BCUT2D eigenvalue weighted by atomic mass is 10.2. The maximum absolute atomic E-state index is 11.7. The van der Waals surface area contributed by atoms with Crippen LogP contribution in [0.25, 0.3) is 0 Å². The van der Waals surface area contributed by atoms with Crippen LogP contribution in [0.1, 0.15) is 33.6 Å². The number of nitrogens with zero attached hydrogens (tertiary/aromatic N) is 1. The van der Waals surface area contributed by atoms with E-state index in [1.165, 1.54) is 0 Å². The lowest BCUT2D eigenvalue weighted by molar-refractivity contribution is -0.130. The van der Waals surface area contributed by atoms with Crippen molar-refractivity contribution in [1.82, 2.24) is 10.2 Å². The fraction of sp³-hybridized carbons (Fsp3) is 0.750. The average molecular weight is 241 g/mol. The smallest absolute Gasteiger partial charge is 0.408 e. The van der Waals surface area contributed by atoms with Crippen LogP contribution < -0.4 is 5.32 Å². The number of alkyl carbamates (subject to hydrolysis) is 1. The van der Waals surface area contributed by atoms with Gasteiger partial charge in [0.2, 0.25) is 5.91 Å². The molecule has 97 valence electrons. The molecule has 0 saturated carbocycles. The van der Waals surface area contributed by atoms with Crippen molar-refractivity contribution >= 4 is 12.0 Å². The largest absolute Gasteiger partial charge is 0.444 e. The molecule has 0 aromatic heterocycles. The summed E-state index contributed by atoms with van der Waals surface area (Å²) in [6, 6.07) is 0.0305. The summed E-state index contributed by atoms with van der Waals surface area (Å²) in [6.07, 6.45) is 1.34. The first-order valence-corrected chi connectivity index (χ1v) is 5.89. The van der Waals surface area contributed by atoms with Gasteiger partial charge in [-0.3, -0.25) is 4.79 Å². The first-order valence-electron chi connectivity index (χ1n) is 5.89. The molecule has 1 radical (unpaired) electrons. The summed E-state index contributed by atoms with van der Waals surface area (Å²) >= 11 is 0. The van der Waals surface area contributed by atoms with Crippen molar-refractivity contribution in [1.29, 1.82) is 0 Å². The quantitative estimate of drug-likeness (QED) is 0.793. The van der Waals surface area contributed by atoms with Crippen molar-refractivity contribution in [2.24, 2.45) is 0 Å². The molecular formula is C12H21N2O3.